The molecular weight excluding hydrogens is 345 g/mol. The van der Waals surface area contributed by atoms with Crippen LogP contribution < -0.4 is 10.6 Å². The summed E-state index contributed by atoms with van der Waals surface area (Å²) in [6.45, 7) is 6.90. The van der Waals surface area contributed by atoms with E-state index >= 15 is 0 Å². The van der Waals surface area contributed by atoms with Gasteiger partial charge in [0.15, 0.2) is 0 Å². The number of likely N-dealkylation sites (tertiary alicyclic amines) is 1. The van der Waals surface area contributed by atoms with E-state index < -0.39 is 0 Å². The molecule has 1 heterocycles. The van der Waals surface area contributed by atoms with Crippen LogP contribution in [0.25, 0.3) is 0 Å². The molecule has 1 aromatic rings. The number of rotatable bonds is 5. The van der Waals surface area contributed by atoms with Gasteiger partial charge >= 0.3 is 0 Å². The lowest BCUT2D eigenvalue weighted by Crippen LogP contribution is -2.42. The van der Waals surface area contributed by atoms with Gasteiger partial charge in [0.1, 0.15) is 0 Å². The van der Waals surface area contributed by atoms with Gasteiger partial charge in [0, 0.05) is 44.0 Å². The lowest BCUT2D eigenvalue weighted by molar-refractivity contribution is 0.0681. The second-order valence-corrected chi connectivity index (χ2v) is 6.46. The molecule has 0 aromatic heterocycles. The minimum atomic E-state index is 0. The zero-order chi connectivity index (χ0) is 16.1. The fraction of sp³-hybridized carbons (Fsp3) is 0.611. The van der Waals surface area contributed by atoms with E-state index in [2.05, 4.69) is 25.8 Å². The summed E-state index contributed by atoms with van der Waals surface area (Å²) in [4.78, 5) is 16.7. The van der Waals surface area contributed by atoms with Gasteiger partial charge in [-0.1, -0.05) is 6.92 Å². The third-order valence-corrected chi connectivity index (χ3v) is 4.68. The lowest BCUT2D eigenvalue weighted by atomic mass is 9.90. The first-order valence-corrected chi connectivity index (χ1v) is 8.39. The maximum absolute atomic E-state index is 12.6. The van der Waals surface area contributed by atoms with Gasteiger partial charge in [0.25, 0.3) is 5.91 Å². The number of anilines is 1. The van der Waals surface area contributed by atoms with Gasteiger partial charge in [-0.25, -0.2) is 0 Å². The molecule has 0 aliphatic carbocycles. The van der Waals surface area contributed by atoms with Crippen LogP contribution in [0, 0.1) is 5.92 Å². The summed E-state index contributed by atoms with van der Waals surface area (Å²) in [6, 6.07) is 8.20. The zero-order valence-electron chi connectivity index (χ0n) is 14.9. The molecular formula is C18H31Cl2N3O. The Morgan fingerprint density at radius 3 is 2.25 bits per heavy atom. The molecule has 1 saturated heterocycles. The van der Waals surface area contributed by atoms with Crippen molar-refractivity contribution in [2.24, 2.45) is 11.7 Å². The van der Waals surface area contributed by atoms with E-state index in [4.69, 9.17) is 5.73 Å². The standard InChI is InChI=1S/C18H29N3O.2ClH/c1-4-11-20(3)17-7-5-16(6-8-17)18(22)21-12-9-15(10-13-21)14(2)19;;/h5-8,14-15H,4,9-13,19H2,1-3H3;2*1H. The third kappa shape index (κ3) is 5.83. The van der Waals surface area contributed by atoms with E-state index in [9.17, 15) is 4.79 Å². The number of carbonyl (C=O) groups excluding carboxylic acids is 1. The number of hydrogen-bond donors (Lipinski definition) is 1. The van der Waals surface area contributed by atoms with Crippen LogP contribution in [0.1, 0.15) is 43.5 Å². The minimum Gasteiger partial charge on any atom is -0.375 e. The van der Waals surface area contributed by atoms with Crippen molar-refractivity contribution in [1.29, 1.82) is 0 Å². The molecule has 1 atom stereocenters. The van der Waals surface area contributed by atoms with Crippen molar-refractivity contribution < 1.29 is 4.79 Å². The minimum absolute atomic E-state index is 0. The van der Waals surface area contributed by atoms with E-state index in [-0.39, 0.29) is 36.8 Å². The van der Waals surface area contributed by atoms with Gasteiger partial charge in [0.05, 0.1) is 0 Å². The lowest BCUT2D eigenvalue weighted by Gasteiger charge is -2.33. The van der Waals surface area contributed by atoms with E-state index in [0.29, 0.717) is 5.92 Å². The predicted molar refractivity (Wildman–Crippen MR) is 107 cm³/mol. The molecule has 2 rings (SSSR count). The van der Waals surface area contributed by atoms with Crippen LogP contribution in [0.2, 0.25) is 0 Å². The highest BCUT2D eigenvalue weighted by Gasteiger charge is 2.25. The van der Waals surface area contributed by atoms with Crippen LogP contribution in [-0.2, 0) is 0 Å². The Balaban J connectivity index is 0.00000264. The molecule has 2 N–H and O–H groups in total. The Kier molecular flexibility index (Phi) is 10.4. The number of amides is 1. The molecule has 24 heavy (non-hydrogen) atoms. The van der Waals surface area contributed by atoms with Gasteiger partial charge in [-0.15, -0.1) is 24.8 Å². The molecule has 4 nitrogen and oxygen atoms in total. The molecule has 0 spiro atoms. The quantitative estimate of drug-likeness (QED) is 0.855. The second-order valence-electron chi connectivity index (χ2n) is 6.46. The summed E-state index contributed by atoms with van der Waals surface area (Å²) in [5.74, 6) is 0.696. The summed E-state index contributed by atoms with van der Waals surface area (Å²) < 4.78 is 0. The second kappa shape index (κ2) is 10.8. The van der Waals surface area contributed by atoms with Gasteiger partial charge in [0.2, 0.25) is 0 Å². The van der Waals surface area contributed by atoms with E-state index in [1.165, 1.54) is 0 Å². The molecule has 0 bridgehead atoms. The summed E-state index contributed by atoms with van der Waals surface area (Å²) in [6.07, 6.45) is 3.15. The Morgan fingerprint density at radius 2 is 1.79 bits per heavy atom. The first-order chi connectivity index (χ1) is 10.5. The van der Waals surface area contributed by atoms with E-state index in [1.54, 1.807) is 0 Å². The number of piperidine rings is 1. The Hall–Kier alpha value is -0.970. The summed E-state index contributed by atoms with van der Waals surface area (Å²) >= 11 is 0. The van der Waals surface area contributed by atoms with Crippen molar-refractivity contribution in [2.45, 2.75) is 39.2 Å². The van der Waals surface area contributed by atoms with Crippen LogP contribution in [0.15, 0.2) is 24.3 Å². The SMILES string of the molecule is CCCN(C)c1ccc(C(=O)N2CCC(C(C)N)CC2)cc1.Cl.Cl. The molecule has 0 saturated carbocycles. The van der Waals surface area contributed by atoms with Crippen molar-refractivity contribution in [2.75, 3.05) is 31.6 Å². The van der Waals surface area contributed by atoms with Crippen LogP contribution >= 0.6 is 24.8 Å². The third-order valence-electron chi connectivity index (χ3n) is 4.68. The largest absolute Gasteiger partial charge is 0.375 e. The van der Waals surface area contributed by atoms with Crippen molar-refractivity contribution in [3.05, 3.63) is 29.8 Å². The number of carbonyl (C=O) groups is 1. The molecule has 1 unspecified atom stereocenters. The number of nitrogens with zero attached hydrogens (tertiary/aromatic N) is 2. The highest BCUT2D eigenvalue weighted by atomic mass is 35.5. The fourth-order valence-corrected chi connectivity index (χ4v) is 3.13. The topological polar surface area (TPSA) is 49.6 Å². The Bertz CT molecular complexity index is 486. The summed E-state index contributed by atoms with van der Waals surface area (Å²) in [5.41, 5.74) is 7.91. The number of benzene rings is 1. The molecule has 1 fully saturated rings. The van der Waals surface area contributed by atoms with Crippen LogP contribution in [-0.4, -0.2) is 43.5 Å². The van der Waals surface area contributed by atoms with Gasteiger partial charge in [-0.2, -0.15) is 0 Å². The van der Waals surface area contributed by atoms with Crippen molar-refractivity contribution in [3.63, 3.8) is 0 Å². The normalized spacial score (nSPS) is 15.9. The molecule has 1 aromatic carbocycles. The Morgan fingerprint density at radius 1 is 1.25 bits per heavy atom. The van der Waals surface area contributed by atoms with Crippen molar-refractivity contribution in [3.8, 4) is 0 Å². The molecule has 138 valence electrons. The molecule has 1 amide bonds. The highest BCUT2D eigenvalue weighted by molar-refractivity contribution is 5.94. The first kappa shape index (κ1) is 23.0. The average molecular weight is 376 g/mol. The maximum Gasteiger partial charge on any atom is 0.253 e. The van der Waals surface area contributed by atoms with E-state index in [1.807, 2.05) is 29.2 Å². The molecule has 6 heteroatoms. The van der Waals surface area contributed by atoms with Crippen molar-refractivity contribution in [1.82, 2.24) is 4.90 Å². The first-order valence-electron chi connectivity index (χ1n) is 8.39. The van der Waals surface area contributed by atoms with Crippen LogP contribution in [0.3, 0.4) is 0 Å². The molecule has 1 aliphatic rings. The smallest absolute Gasteiger partial charge is 0.253 e. The van der Waals surface area contributed by atoms with Crippen LogP contribution in [0.5, 0.6) is 0 Å². The van der Waals surface area contributed by atoms with Crippen LogP contribution in [0.4, 0.5) is 5.69 Å². The zero-order valence-corrected chi connectivity index (χ0v) is 16.5. The Labute approximate surface area is 158 Å². The summed E-state index contributed by atoms with van der Waals surface area (Å²) in [5, 5.41) is 0. The maximum atomic E-state index is 12.6. The monoisotopic (exact) mass is 375 g/mol. The van der Waals surface area contributed by atoms with Gasteiger partial charge in [-0.3, -0.25) is 4.79 Å². The van der Waals surface area contributed by atoms with Gasteiger partial charge < -0.3 is 15.5 Å². The highest BCUT2D eigenvalue weighted by Crippen LogP contribution is 2.22. The van der Waals surface area contributed by atoms with E-state index in [0.717, 1.165) is 50.1 Å². The number of hydrogen-bond acceptors (Lipinski definition) is 3. The molecule has 0 radical (unpaired) electrons. The summed E-state index contributed by atoms with van der Waals surface area (Å²) in [7, 11) is 2.08. The fourth-order valence-electron chi connectivity index (χ4n) is 3.13. The van der Waals surface area contributed by atoms with Crippen molar-refractivity contribution >= 4 is 36.4 Å². The average Bonchev–Trinajstić information content (AvgIpc) is 2.54. The number of halogens is 2. The molecule has 1 aliphatic heterocycles. The predicted octanol–water partition coefficient (Wildman–Crippen LogP) is 3.58. The van der Waals surface area contributed by atoms with Gasteiger partial charge in [-0.05, 0) is 56.4 Å². The number of nitrogens with two attached hydrogens (primary N) is 1.